The SMILES string of the molecule is Cc1ccc(C(=O)NCC(=O)N(C)CCC(C)O)cc1C. The fourth-order valence-corrected chi connectivity index (χ4v) is 1.78. The minimum atomic E-state index is -0.439. The van der Waals surface area contributed by atoms with E-state index >= 15 is 0 Å². The van der Waals surface area contributed by atoms with Crippen molar-refractivity contribution < 1.29 is 14.7 Å². The first kappa shape index (κ1) is 17.2. The second-order valence-corrected chi connectivity index (χ2v) is 5.43. The number of nitrogens with zero attached hydrogens (tertiary/aromatic N) is 1. The summed E-state index contributed by atoms with van der Waals surface area (Å²) in [7, 11) is 1.66. The molecule has 0 bridgehead atoms. The van der Waals surface area contributed by atoms with Crippen molar-refractivity contribution in [3.05, 3.63) is 34.9 Å². The largest absolute Gasteiger partial charge is 0.393 e. The molecule has 21 heavy (non-hydrogen) atoms. The molecule has 0 radical (unpaired) electrons. The molecular formula is C16H24N2O3. The van der Waals surface area contributed by atoms with E-state index in [-0.39, 0.29) is 18.4 Å². The lowest BCUT2D eigenvalue weighted by Gasteiger charge is -2.18. The molecule has 2 N–H and O–H groups in total. The summed E-state index contributed by atoms with van der Waals surface area (Å²) in [5.74, 6) is -0.428. The number of aryl methyl sites for hydroxylation is 2. The molecule has 0 spiro atoms. The average Bonchev–Trinajstić information content (AvgIpc) is 2.44. The van der Waals surface area contributed by atoms with E-state index in [0.29, 0.717) is 18.5 Å². The van der Waals surface area contributed by atoms with Crippen LogP contribution in [0, 0.1) is 13.8 Å². The van der Waals surface area contributed by atoms with Gasteiger partial charge in [0.05, 0.1) is 12.6 Å². The van der Waals surface area contributed by atoms with Crippen molar-refractivity contribution in [1.29, 1.82) is 0 Å². The number of amides is 2. The van der Waals surface area contributed by atoms with Crippen LogP contribution in [-0.4, -0.2) is 48.1 Å². The lowest BCUT2D eigenvalue weighted by atomic mass is 10.1. The van der Waals surface area contributed by atoms with Crippen molar-refractivity contribution in [2.45, 2.75) is 33.3 Å². The van der Waals surface area contributed by atoms with Crippen LogP contribution in [0.2, 0.25) is 0 Å². The minimum Gasteiger partial charge on any atom is -0.393 e. The van der Waals surface area contributed by atoms with Gasteiger partial charge in [0.15, 0.2) is 0 Å². The molecule has 116 valence electrons. The molecule has 1 atom stereocenters. The first-order chi connectivity index (χ1) is 9.81. The van der Waals surface area contributed by atoms with Crippen molar-refractivity contribution in [1.82, 2.24) is 10.2 Å². The molecule has 1 aromatic rings. The molecule has 0 saturated heterocycles. The van der Waals surface area contributed by atoms with Crippen LogP contribution in [0.4, 0.5) is 0 Å². The van der Waals surface area contributed by atoms with Gasteiger partial charge in [-0.25, -0.2) is 0 Å². The Bertz CT molecular complexity index is 512. The molecule has 5 heteroatoms. The third kappa shape index (κ3) is 5.55. The van der Waals surface area contributed by atoms with Gasteiger partial charge >= 0.3 is 0 Å². The van der Waals surface area contributed by atoms with Crippen LogP contribution in [0.15, 0.2) is 18.2 Å². The highest BCUT2D eigenvalue weighted by Gasteiger charge is 2.12. The zero-order valence-electron chi connectivity index (χ0n) is 13.1. The van der Waals surface area contributed by atoms with Crippen molar-refractivity contribution in [2.24, 2.45) is 0 Å². The van der Waals surface area contributed by atoms with E-state index in [9.17, 15) is 14.7 Å². The van der Waals surface area contributed by atoms with Crippen molar-refractivity contribution in [3.8, 4) is 0 Å². The topological polar surface area (TPSA) is 69.6 Å². The van der Waals surface area contributed by atoms with E-state index in [1.54, 1.807) is 20.0 Å². The third-order valence-electron chi connectivity index (χ3n) is 3.48. The predicted molar refractivity (Wildman–Crippen MR) is 82.2 cm³/mol. The molecule has 0 aliphatic carbocycles. The van der Waals surface area contributed by atoms with Crippen LogP contribution in [0.5, 0.6) is 0 Å². The first-order valence-electron chi connectivity index (χ1n) is 7.08. The number of carbonyl (C=O) groups is 2. The van der Waals surface area contributed by atoms with Crippen LogP contribution < -0.4 is 5.32 Å². The number of rotatable bonds is 6. The Balaban J connectivity index is 2.48. The second kappa shape index (κ2) is 7.78. The molecule has 2 amide bonds. The van der Waals surface area contributed by atoms with Gasteiger partial charge in [0.25, 0.3) is 5.91 Å². The number of benzene rings is 1. The highest BCUT2D eigenvalue weighted by Crippen LogP contribution is 2.09. The summed E-state index contributed by atoms with van der Waals surface area (Å²) in [5.41, 5.74) is 2.72. The van der Waals surface area contributed by atoms with E-state index in [4.69, 9.17) is 0 Å². The molecule has 1 rings (SSSR count). The summed E-state index contributed by atoms with van der Waals surface area (Å²) in [4.78, 5) is 25.3. The molecule has 0 aromatic heterocycles. The summed E-state index contributed by atoms with van der Waals surface area (Å²) in [6.07, 6.45) is 0.0817. The highest BCUT2D eigenvalue weighted by molar-refractivity contribution is 5.96. The Kier molecular flexibility index (Phi) is 6.37. The summed E-state index contributed by atoms with van der Waals surface area (Å²) in [5, 5.41) is 11.8. The van der Waals surface area contributed by atoms with Crippen molar-refractivity contribution >= 4 is 11.8 Å². The van der Waals surface area contributed by atoms with Gasteiger partial charge in [-0.15, -0.1) is 0 Å². The third-order valence-corrected chi connectivity index (χ3v) is 3.48. The van der Waals surface area contributed by atoms with Crippen LogP contribution in [-0.2, 0) is 4.79 Å². The van der Waals surface area contributed by atoms with E-state index in [1.165, 1.54) is 4.90 Å². The minimum absolute atomic E-state index is 0.0396. The molecule has 5 nitrogen and oxygen atoms in total. The van der Waals surface area contributed by atoms with E-state index < -0.39 is 6.10 Å². The van der Waals surface area contributed by atoms with Gasteiger partial charge in [0.1, 0.15) is 0 Å². The quantitative estimate of drug-likeness (QED) is 0.829. The number of likely N-dealkylation sites (N-methyl/N-ethyl adjacent to an activating group) is 1. The summed E-state index contributed by atoms with van der Waals surface area (Å²) >= 11 is 0. The molecule has 0 heterocycles. The van der Waals surface area contributed by atoms with Crippen molar-refractivity contribution in [3.63, 3.8) is 0 Å². The fourth-order valence-electron chi connectivity index (χ4n) is 1.78. The smallest absolute Gasteiger partial charge is 0.251 e. The van der Waals surface area contributed by atoms with Crippen LogP contribution in [0.1, 0.15) is 34.8 Å². The summed E-state index contributed by atoms with van der Waals surface area (Å²) < 4.78 is 0. The monoisotopic (exact) mass is 292 g/mol. The Hall–Kier alpha value is -1.88. The van der Waals surface area contributed by atoms with Crippen molar-refractivity contribution in [2.75, 3.05) is 20.1 Å². The van der Waals surface area contributed by atoms with Gasteiger partial charge in [-0.3, -0.25) is 9.59 Å². The maximum atomic E-state index is 12.0. The number of aliphatic hydroxyl groups excluding tert-OH is 1. The first-order valence-corrected chi connectivity index (χ1v) is 7.08. The fraction of sp³-hybridized carbons (Fsp3) is 0.500. The Morgan fingerprint density at radius 2 is 1.95 bits per heavy atom. The van der Waals surface area contributed by atoms with E-state index in [2.05, 4.69) is 5.32 Å². The lowest BCUT2D eigenvalue weighted by molar-refractivity contribution is -0.129. The number of carbonyl (C=O) groups excluding carboxylic acids is 2. The summed E-state index contributed by atoms with van der Waals surface area (Å²) in [6, 6.07) is 5.45. The van der Waals surface area contributed by atoms with Gasteiger partial charge < -0.3 is 15.3 Å². The van der Waals surface area contributed by atoms with Crippen LogP contribution in [0.25, 0.3) is 0 Å². The normalized spacial score (nSPS) is 11.9. The second-order valence-electron chi connectivity index (χ2n) is 5.43. The predicted octanol–water partition coefficient (Wildman–Crippen LogP) is 1.26. The highest BCUT2D eigenvalue weighted by atomic mass is 16.3. The Morgan fingerprint density at radius 1 is 1.29 bits per heavy atom. The van der Waals surface area contributed by atoms with Gasteiger partial charge in [-0.2, -0.15) is 0 Å². The molecule has 1 unspecified atom stereocenters. The summed E-state index contributed by atoms with van der Waals surface area (Å²) in [6.45, 7) is 6.04. The molecule has 0 saturated carbocycles. The number of nitrogens with one attached hydrogen (secondary N) is 1. The van der Waals surface area contributed by atoms with E-state index in [0.717, 1.165) is 11.1 Å². The zero-order valence-corrected chi connectivity index (χ0v) is 13.1. The molecular weight excluding hydrogens is 268 g/mol. The van der Waals surface area contributed by atoms with Gasteiger partial charge in [0.2, 0.25) is 5.91 Å². The van der Waals surface area contributed by atoms with Crippen LogP contribution >= 0.6 is 0 Å². The molecule has 0 aliphatic rings. The van der Waals surface area contributed by atoms with E-state index in [1.807, 2.05) is 26.0 Å². The lowest BCUT2D eigenvalue weighted by Crippen LogP contribution is -2.39. The number of hydrogen-bond donors (Lipinski definition) is 2. The van der Waals surface area contributed by atoms with Crippen LogP contribution in [0.3, 0.4) is 0 Å². The average molecular weight is 292 g/mol. The molecule has 0 aliphatic heterocycles. The Morgan fingerprint density at radius 3 is 2.52 bits per heavy atom. The van der Waals surface area contributed by atoms with Gasteiger partial charge in [0, 0.05) is 19.2 Å². The Labute approximate surface area is 126 Å². The molecule has 1 aromatic carbocycles. The maximum absolute atomic E-state index is 12.0. The van der Waals surface area contributed by atoms with Gasteiger partial charge in [-0.1, -0.05) is 6.07 Å². The maximum Gasteiger partial charge on any atom is 0.251 e. The standard InChI is InChI=1S/C16H24N2O3/c1-11-5-6-14(9-12(11)2)16(21)17-10-15(20)18(4)8-7-13(3)19/h5-6,9,13,19H,7-8,10H2,1-4H3,(H,17,21). The molecule has 0 fully saturated rings. The number of aliphatic hydroxyl groups is 1. The zero-order chi connectivity index (χ0) is 16.0. The number of hydrogen-bond acceptors (Lipinski definition) is 3. The van der Waals surface area contributed by atoms with Gasteiger partial charge in [-0.05, 0) is 50.5 Å².